The topological polar surface area (TPSA) is 49.4 Å². The fourth-order valence-corrected chi connectivity index (χ4v) is 3.46. The average molecular weight is 299 g/mol. The molecule has 0 aromatic heterocycles. The third kappa shape index (κ3) is 4.01. The summed E-state index contributed by atoms with van der Waals surface area (Å²) in [4.78, 5) is 0.259. The summed E-state index contributed by atoms with van der Waals surface area (Å²) >= 11 is 3.56. The van der Waals surface area contributed by atoms with Gasteiger partial charge in [-0.1, -0.05) is 35.2 Å². The predicted molar refractivity (Wildman–Crippen MR) is 65.3 cm³/mol. The monoisotopic (exact) mass is 298 g/mol. The highest BCUT2D eigenvalue weighted by Crippen LogP contribution is 2.24. The van der Waals surface area contributed by atoms with Gasteiger partial charge in [-0.15, -0.1) is 0 Å². The van der Waals surface area contributed by atoms with Crippen LogP contribution in [0.15, 0.2) is 0 Å². The van der Waals surface area contributed by atoms with Crippen LogP contribution in [0.1, 0.15) is 32.1 Å². The van der Waals surface area contributed by atoms with Crippen LogP contribution in [0.2, 0.25) is 0 Å². The second-order valence-corrected chi connectivity index (χ2v) is 7.26. The second kappa shape index (κ2) is 5.61. The third-order valence-electron chi connectivity index (χ3n) is 2.71. The summed E-state index contributed by atoms with van der Waals surface area (Å²) in [7, 11) is -0.206. The van der Waals surface area contributed by atoms with Crippen LogP contribution in [-0.4, -0.2) is 37.7 Å². The largest absolute Gasteiger partial charge is 0.279 e. The van der Waals surface area contributed by atoms with E-state index in [1.807, 2.05) is 0 Å². The Morgan fingerprint density at radius 1 is 1.20 bits per heavy atom. The summed E-state index contributed by atoms with van der Waals surface area (Å²) in [6.45, 7) is 0. The first kappa shape index (κ1) is 13.4. The molecule has 1 saturated carbocycles. The zero-order chi connectivity index (χ0) is 11.5. The Kier molecular flexibility index (Phi) is 5.02. The van der Waals surface area contributed by atoms with Crippen LogP contribution in [0.4, 0.5) is 0 Å². The number of nitrogens with one attached hydrogen (secondary N) is 1. The minimum Gasteiger partial charge on any atom is -0.198 e. The van der Waals surface area contributed by atoms with Gasteiger partial charge in [0.15, 0.2) is 0 Å². The summed E-state index contributed by atoms with van der Waals surface area (Å²) < 4.78 is 27.3. The molecular formula is C9H19BrN2O2S. The van der Waals surface area contributed by atoms with Gasteiger partial charge in [0.1, 0.15) is 0 Å². The zero-order valence-electron chi connectivity index (χ0n) is 9.24. The van der Waals surface area contributed by atoms with Crippen molar-refractivity contribution in [3.63, 3.8) is 0 Å². The maximum absolute atomic E-state index is 11.7. The molecule has 1 N–H and O–H groups in total. The second-order valence-electron chi connectivity index (χ2n) is 4.17. The molecule has 2 atom stereocenters. The zero-order valence-corrected chi connectivity index (χ0v) is 11.6. The first-order valence-electron chi connectivity index (χ1n) is 5.27. The molecule has 1 rings (SSSR count). The molecule has 90 valence electrons. The highest BCUT2D eigenvalue weighted by molar-refractivity contribution is 9.09. The van der Waals surface area contributed by atoms with Crippen molar-refractivity contribution in [1.29, 1.82) is 0 Å². The smallest absolute Gasteiger partial charge is 0.198 e. The van der Waals surface area contributed by atoms with Gasteiger partial charge < -0.3 is 0 Å². The van der Waals surface area contributed by atoms with E-state index in [-0.39, 0.29) is 10.9 Å². The Morgan fingerprint density at radius 2 is 1.80 bits per heavy atom. The van der Waals surface area contributed by atoms with Crippen LogP contribution < -0.4 is 4.72 Å². The van der Waals surface area contributed by atoms with E-state index in [1.54, 1.807) is 14.1 Å². The van der Waals surface area contributed by atoms with Crippen LogP contribution >= 0.6 is 15.9 Å². The molecule has 0 saturated heterocycles. The van der Waals surface area contributed by atoms with Crippen molar-refractivity contribution in [3.05, 3.63) is 0 Å². The van der Waals surface area contributed by atoms with Gasteiger partial charge in [-0.2, -0.15) is 17.4 Å². The van der Waals surface area contributed by atoms with Crippen LogP contribution in [0.25, 0.3) is 0 Å². The van der Waals surface area contributed by atoms with Crippen molar-refractivity contribution >= 4 is 26.1 Å². The van der Waals surface area contributed by atoms with Gasteiger partial charge in [0.05, 0.1) is 0 Å². The van der Waals surface area contributed by atoms with E-state index in [0.717, 1.165) is 19.3 Å². The van der Waals surface area contributed by atoms with E-state index in [1.165, 1.54) is 17.1 Å². The van der Waals surface area contributed by atoms with E-state index < -0.39 is 10.2 Å². The highest BCUT2D eigenvalue weighted by Gasteiger charge is 2.26. The summed E-state index contributed by atoms with van der Waals surface area (Å²) in [5, 5.41) is 0. The van der Waals surface area contributed by atoms with E-state index >= 15 is 0 Å². The Balaban J connectivity index is 2.63. The molecule has 0 aromatic carbocycles. The number of hydrogen-bond acceptors (Lipinski definition) is 2. The van der Waals surface area contributed by atoms with Crippen LogP contribution in [0, 0.1) is 0 Å². The molecule has 1 aliphatic rings. The van der Waals surface area contributed by atoms with Crippen LogP contribution in [-0.2, 0) is 10.2 Å². The van der Waals surface area contributed by atoms with Crippen LogP contribution in [0.3, 0.4) is 0 Å². The standard InChI is InChI=1S/C9H19BrN2O2S/c1-12(2)15(13,14)11-9-7-5-3-4-6-8(9)10/h8-9,11H,3-7H2,1-2H3. The summed E-state index contributed by atoms with van der Waals surface area (Å²) in [6, 6.07) is 0.0277. The maximum atomic E-state index is 11.7. The fourth-order valence-electron chi connectivity index (χ4n) is 1.69. The lowest BCUT2D eigenvalue weighted by molar-refractivity contribution is 0.472. The number of nitrogens with zero attached hydrogens (tertiary/aromatic N) is 1. The highest BCUT2D eigenvalue weighted by atomic mass is 79.9. The molecule has 0 amide bonds. The average Bonchev–Trinajstić information content (AvgIpc) is 2.31. The van der Waals surface area contributed by atoms with Crippen molar-refractivity contribution in [2.45, 2.75) is 43.0 Å². The van der Waals surface area contributed by atoms with Crippen molar-refractivity contribution in [2.24, 2.45) is 0 Å². The molecule has 0 aromatic rings. The molecule has 0 heterocycles. The Morgan fingerprint density at radius 3 is 2.40 bits per heavy atom. The van der Waals surface area contributed by atoms with E-state index in [0.29, 0.717) is 0 Å². The molecule has 1 aliphatic carbocycles. The molecule has 6 heteroatoms. The number of rotatable bonds is 3. The van der Waals surface area contributed by atoms with Crippen molar-refractivity contribution in [2.75, 3.05) is 14.1 Å². The molecular weight excluding hydrogens is 280 g/mol. The van der Waals surface area contributed by atoms with Gasteiger partial charge in [-0.25, -0.2) is 0 Å². The van der Waals surface area contributed by atoms with Gasteiger partial charge in [0.25, 0.3) is 10.2 Å². The molecule has 0 radical (unpaired) electrons. The molecule has 4 nitrogen and oxygen atoms in total. The molecule has 0 bridgehead atoms. The van der Waals surface area contributed by atoms with Crippen LogP contribution in [0.5, 0.6) is 0 Å². The van der Waals surface area contributed by atoms with Gasteiger partial charge in [-0.05, 0) is 12.8 Å². The minimum atomic E-state index is -3.29. The third-order valence-corrected chi connectivity index (χ3v) is 5.37. The predicted octanol–water partition coefficient (Wildman–Crippen LogP) is 1.48. The Hall–Kier alpha value is 0.350. The number of hydrogen-bond donors (Lipinski definition) is 1. The molecule has 0 spiro atoms. The Bertz CT molecular complexity index is 292. The first-order chi connectivity index (χ1) is 6.93. The fraction of sp³-hybridized carbons (Fsp3) is 1.00. The molecule has 1 fully saturated rings. The van der Waals surface area contributed by atoms with Crippen molar-refractivity contribution in [1.82, 2.24) is 9.03 Å². The van der Waals surface area contributed by atoms with Gasteiger partial charge in [0.2, 0.25) is 0 Å². The number of halogens is 1. The lowest BCUT2D eigenvalue weighted by atomic mass is 10.1. The van der Waals surface area contributed by atoms with E-state index in [9.17, 15) is 8.42 Å². The van der Waals surface area contributed by atoms with Gasteiger partial charge in [-0.3, -0.25) is 0 Å². The molecule has 0 aliphatic heterocycles. The first-order valence-corrected chi connectivity index (χ1v) is 7.63. The number of alkyl halides is 1. The summed E-state index contributed by atoms with van der Waals surface area (Å²) in [6.07, 6.45) is 5.44. The van der Waals surface area contributed by atoms with Crippen molar-refractivity contribution < 1.29 is 8.42 Å². The minimum absolute atomic E-state index is 0.0277. The summed E-state index contributed by atoms with van der Waals surface area (Å²) in [5.74, 6) is 0. The van der Waals surface area contributed by atoms with E-state index in [2.05, 4.69) is 20.7 Å². The Labute approximate surface area is 101 Å². The lowest BCUT2D eigenvalue weighted by Gasteiger charge is -2.23. The SMILES string of the molecule is CN(C)S(=O)(=O)NC1CCCCCC1Br. The quantitative estimate of drug-likeness (QED) is 0.634. The van der Waals surface area contributed by atoms with Gasteiger partial charge >= 0.3 is 0 Å². The summed E-state index contributed by atoms with van der Waals surface area (Å²) in [5.41, 5.74) is 0. The van der Waals surface area contributed by atoms with Crippen molar-refractivity contribution in [3.8, 4) is 0 Å². The lowest BCUT2D eigenvalue weighted by Crippen LogP contribution is -2.45. The maximum Gasteiger partial charge on any atom is 0.279 e. The molecule has 2 unspecified atom stereocenters. The normalized spacial score (nSPS) is 29.1. The molecule has 15 heavy (non-hydrogen) atoms. The van der Waals surface area contributed by atoms with Gasteiger partial charge in [0, 0.05) is 25.0 Å². The van der Waals surface area contributed by atoms with E-state index in [4.69, 9.17) is 0 Å².